The van der Waals surface area contributed by atoms with Gasteiger partial charge in [-0.2, -0.15) is 0 Å². The fraction of sp³-hybridized carbons (Fsp3) is 0.222. The molecular weight excluding hydrogens is 306 g/mol. The molecule has 0 aliphatic rings. The van der Waals surface area contributed by atoms with Crippen LogP contribution in [0.15, 0.2) is 33.4 Å². The molecule has 106 valence electrons. The second-order valence-corrected chi connectivity index (χ2v) is 6.63. The minimum atomic E-state index is -3.45. The number of tetrazole rings is 1. The van der Waals surface area contributed by atoms with Gasteiger partial charge in [-0.3, -0.25) is 4.79 Å². The van der Waals surface area contributed by atoms with Crippen molar-refractivity contribution in [3.63, 3.8) is 0 Å². The maximum Gasteiger partial charge on any atom is 0.325 e. The molecule has 1 N–H and O–H groups in total. The van der Waals surface area contributed by atoms with Crippen molar-refractivity contribution in [3.8, 4) is 0 Å². The molecule has 9 nitrogen and oxygen atoms in total. The van der Waals surface area contributed by atoms with Gasteiger partial charge in [-0.05, 0) is 34.3 Å². The second-order valence-electron chi connectivity index (χ2n) is 3.69. The van der Waals surface area contributed by atoms with E-state index < -0.39 is 22.4 Å². The molecule has 0 fully saturated rings. The monoisotopic (exact) mass is 315 g/mol. The fourth-order valence-corrected chi connectivity index (χ4v) is 3.33. The Morgan fingerprint density at radius 3 is 2.90 bits per heavy atom. The highest BCUT2D eigenvalue weighted by Gasteiger charge is 2.18. The van der Waals surface area contributed by atoms with Gasteiger partial charge in [0.2, 0.25) is 5.16 Å². The van der Waals surface area contributed by atoms with Gasteiger partial charge in [0.25, 0.3) is 0 Å². The first-order valence-electron chi connectivity index (χ1n) is 5.19. The Bertz CT molecular complexity index is 742. The van der Waals surface area contributed by atoms with Crippen molar-refractivity contribution in [2.24, 2.45) is 0 Å². The molecule has 11 heteroatoms. The fourth-order valence-electron chi connectivity index (χ4n) is 1.32. The van der Waals surface area contributed by atoms with Gasteiger partial charge in [0.05, 0.1) is 4.90 Å². The molecule has 0 bridgehead atoms. The lowest BCUT2D eigenvalue weighted by atomic mass is 10.5. The van der Waals surface area contributed by atoms with Crippen LogP contribution in [0.2, 0.25) is 0 Å². The van der Waals surface area contributed by atoms with Gasteiger partial charge in [-0.1, -0.05) is 0 Å². The number of rotatable bonds is 5. The number of hydrogen-bond acceptors (Lipinski definition) is 8. The van der Waals surface area contributed by atoms with E-state index in [0.29, 0.717) is 0 Å². The predicted octanol–water partition coefficient (Wildman–Crippen LogP) is -0.293. The molecule has 2 aromatic heterocycles. The number of carbonyl (C=O) groups is 1. The van der Waals surface area contributed by atoms with Crippen LogP contribution < -0.4 is 0 Å². The smallest absolute Gasteiger partial charge is 0.325 e. The van der Waals surface area contributed by atoms with Crippen molar-refractivity contribution in [1.82, 2.24) is 25.2 Å². The third-order valence-corrected chi connectivity index (χ3v) is 4.36. The van der Waals surface area contributed by atoms with Gasteiger partial charge < -0.3 is 5.11 Å². The molecule has 20 heavy (non-hydrogen) atoms. The quantitative estimate of drug-likeness (QED) is 0.791. The number of sulfone groups is 1. The lowest BCUT2D eigenvalue weighted by Crippen LogP contribution is -2.11. The molecular formula is C9H9N5O4S2. The van der Waals surface area contributed by atoms with Crippen molar-refractivity contribution < 1.29 is 18.3 Å². The molecule has 2 rings (SSSR count). The van der Waals surface area contributed by atoms with Gasteiger partial charge >= 0.3 is 5.97 Å². The number of hydrogen-bond donors (Lipinski definition) is 1. The SMILES string of the molecule is CS(=O)(=O)c1cccnc1Sc1nnnn1CC(=O)O. The molecule has 0 spiro atoms. The van der Waals surface area contributed by atoms with Crippen LogP contribution in [0.4, 0.5) is 0 Å². The van der Waals surface area contributed by atoms with E-state index >= 15 is 0 Å². The highest BCUT2D eigenvalue weighted by Crippen LogP contribution is 2.28. The van der Waals surface area contributed by atoms with Crippen LogP contribution in [0.3, 0.4) is 0 Å². The van der Waals surface area contributed by atoms with Gasteiger partial charge in [0.1, 0.15) is 11.6 Å². The van der Waals surface area contributed by atoms with Crippen LogP contribution in [0.5, 0.6) is 0 Å². The van der Waals surface area contributed by atoms with Gasteiger partial charge in [-0.25, -0.2) is 18.1 Å². The number of nitrogens with zero attached hydrogens (tertiary/aromatic N) is 5. The summed E-state index contributed by atoms with van der Waals surface area (Å²) in [5, 5.41) is 19.6. The molecule has 0 unspecified atom stereocenters. The Morgan fingerprint density at radius 1 is 1.50 bits per heavy atom. The summed E-state index contributed by atoms with van der Waals surface area (Å²) in [5.74, 6) is -1.11. The van der Waals surface area contributed by atoms with E-state index in [1.165, 1.54) is 18.3 Å². The highest BCUT2D eigenvalue weighted by atomic mass is 32.2. The zero-order valence-electron chi connectivity index (χ0n) is 10.2. The summed E-state index contributed by atoms with van der Waals surface area (Å²) in [6.07, 6.45) is 2.50. The summed E-state index contributed by atoms with van der Waals surface area (Å²) in [6.45, 7) is -0.420. The maximum atomic E-state index is 11.6. The summed E-state index contributed by atoms with van der Waals surface area (Å²) < 4.78 is 24.3. The van der Waals surface area contributed by atoms with E-state index in [-0.39, 0.29) is 15.1 Å². The number of carboxylic acids is 1. The summed E-state index contributed by atoms with van der Waals surface area (Å²) in [4.78, 5) is 14.7. The van der Waals surface area contributed by atoms with Gasteiger partial charge in [-0.15, -0.1) is 5.10 Å². The Morgan fingerprint density at radius 2 is 2.25 bits per heavy atom. The van der Waals surface area contributed by atoms with E-state index in [9.17, 15) is 13.2 Å². The molecule has 0 aliphatic carbocycles. The first-order valence-corrected chi connectivity index (χ1v) is 7.89. The lowest BCUT2D eigenvalue weighted by Gasteiger charge is -2.05. The average molecular weight is 315 g/mol. The molecule has 0 saturated carbocycles. The molecule has 0 saturated heterocycles. The third kappa shape index (κ3) is 3.30. The van der Waals surface area contributed by atoms with E-state index in [2.05, 4.69) is 20.5 Å². The van der Waals surface area contributed by atoms with Gasteiger partial charge in [0.15, 0.2) is 9.84 Å². The molecule has 2 aromatic rings. The Kier molecular flexibility index (Phi) is 3.99. The van der Waals surface area contributed by atoms with Crippen molar-refractivity contribution >= 4 is 27.6 Å². The Hall–Kier alpha value is -2.01. The molecule has 0 atom stereocenters. The number of aliphatic carboxylic acids is 1. The normalized spacial score (nSPS) is 11.4. The number of carboxylic acid groups (broad SMARTS) is 1. The summed E-state index contributed by atoms with van der Waals surface area (Å²) >= 11 is 0.890. The maximum absolute atomic E-state index is 11.6. The minimum Gasteiger partial charge on any atom is -0.480 e. The van der Waals surface area contributed by atoms with Crippen molar-refractivity contribution in [2.45, 2.75) is 21.6 Å². The van der Waals surface area contributed by atoms with Crippen LogP contribution >= 0.6 is 11.8 Å². The van der Waals surface area contributed by atoms with Crippen LogP contribution in [0, 0.1) is 0 Å². The number of pyridine rings is 1. The summed E-state index contributed by atoms with van der Waals surface area (Å²) in [6, 6.07) is 2.91. The summed E-state index contributed by atoms with van der Waals surface area (Å²) in [7, 11) is -3.45. The molecule has 0 aliphatic heterocycles. The Labute approximate surface area is 117 Å². The van der Waals surface area contributed by atoms with E-state index in [1.807, 2.05) is 0 Å². The topological polar surface area (TPSA) is 128 Å². The lowest BCUT2D eigenvalue weighted by molar-refractivity contribution is -0.138. The predicted molar refractivity (Wildman–Crippen MR) is 66.9 cm³/mol. The summed E-state index contributed by atoms with van der Waals surface area (Å²) in [5.41, 5.74) is 0. The largest absolute Gasteiger partial charge is 0.480 e. The minimum absolute atomic E-state index is 0.0369. The van der Waals surface area contributed by atoms with E-state index in [0.717, 1.165) is 22.7 Å². The van der Waals surface area contributed by atoms with Crippen LogP contribution in [0.25, 0.3) is 0 Å². The number of aromatic nitrogens is 5. The average Bonchev–Trinajstić information content (AvgIpc) is 2.75. The zero-order valence-corrected chi connectivity index (χ0v) is 11.8. The zero-order chi connectivity index (χ0) is 14.8. The standard InChI is InChI=1S/C9H9N5O4S2/c1-20(17,18)6-3-2-4-10-8(6)19-9-11-12-13-14(9)5-7(15)16/h2-4H,5H2,1H3,(H,15,16). The van der Waals surface area contributed by atoms with Crippen molar-refractivity contribution in [2.75, 3.05) is 6.26 Å². The van der Waals surface area contributed by atoms with Crippen molar-refractivity contribution in [1.29, 1.82) is 0 Å². The van der Waals surface area contributed by atoms with Crippen LogP contribution in [-0.4, -0.2) is 50.9 Å². The third-order valence-electron chi connectivity index (χ3n) is 2.11. The van der Waals surface area contributed by atoms with Crippen LogP contribution in [0.1, 0.15) is 0 Å². The highest BCUT2D eigenvalue weighted by molar-refractivity contribution is 8.00. The molecule has 0 radical (unpaired) electrons. The second kappa shape index (κ2) is 5.54. The molecule has 2 heterocycles. The van der Waals surface area contributed by atoms with E-state index in [1.54, 1.807) is 0 Å². The van der Waals surface area contributed by atoms with Crippen LogP contribution in [-0.2, 0) is 21.2 Å². The molecule has 0 amide bonds. The Balaban J connectivity index is 2.37. The van der Waals surface area contributed by atoms with E-state index in [4.69, 9.17) is 5.11 Å². The van der Waals surface area contributed by atoms with Gasteiger partial charge in [0, 0.05) is 12.5 Å². The molecule has 0 aromatic carbocycles. The first-order chi connectivity index (χ1) is 9.38. The first kappa shape index (κ1) is 14.4. The van der Waals surface area contributed by atoms with Crippen molar-refractivity contribution in [3.05, 3.63) is 18.3 Å².